The molecular weight excluding hydrogens is 262 g/mol. The van der Waals surface area contributed by atoms with Crippen molar-refractivity contribution in [3.8, 4) is 11.5 Å². The molecule has 0 atom stereocenters. The highest BCUT2D eigenvalue weighted by Gasteiger charge is 2.20. The molecule has 0 bridgehead atoms. The van der Waals surface area contributed by atoms with Gasteiger partial charge >= 0.3 is 0 Å². The van der Waals surface area contributed by atoms with Crippen LogP contribution in [0.15, 0.2) is 23.4 Å². The first-order chi connectivity index (χ1) is 9.85. The number of hydrogen-bond donors (Lipinski definition) is 1. The van der Waals surface area contributed by atoms with Crippen LogP contribution in [0.4, 0.5) is 0 Å². The molecule has 0 fully saturated rings. The molecule has 0 saturated carbocycles. The van der Waals surface area contributed by atoms with Gasteiger partial charge in [-0.15, -0.1) is 0 Å². The van der Waals surface area contributed by atoms with Crippen molar-refractivity contribution in [1.29, 1.82) is 0 Å². The van der Waals surface area contributed by atoms with Gasteiger partial charge < -0.3 is 24.2 Å². The van der Waals surface area contributed by atoms with Crippen molar-refractivity contribution in [3.63, 3.8) is 0 Å². The van der Waals surface area contributed by atoms with Gasteiger partial charge in [0.15, 0.2) is 0 Å². The topological polar surface area (TPSA) is 69.5 Å². The minimum absolute atomic E-state index is 0.294. The second kappa shape index (κ2) is 7.72. The van der Waals surface area contributed by atoms with E-state index in [1.807, 2.05) is 12.1 Å². The minimum atomic E-state index is 0.294. The van der Waals surface area contributed by atoms with Crippen molar-refractivity contribution >= 4 is 5.71 Å². The lowest BCUT2D eigenvalue weighted by Gasteiger charge is -2.08. The van der Waals surface area contributed by atoms with E-state index in [0.29, 0.717) is 44.5 Å². The summed E-state index contributed by atoms with van der Waals surface area (Å²) in [6.45, 7) is 2.73. The summed E-state index contributed by atoms with van der Waals surface area (Å²) in [7, 11) is 1.65. The second-order valence-electron chi connectivity index (χ2n) is 4.30. The molecule has 1 aliphatic heterocycles. The van der Waals surface area contributed by atoms with Crippen LogP contribution in [-0.4, -0.2) is 51.1 Å². The predicted octanol–water partition coefficient (Wildman–Crippen LogP) is 1.69. The number of rotatable bonds is 8. The molecule has 20 heavy (non-hydrogen) atoms. The van der Waals surface area contributed by atoms with E-state index in [2.05, 4.69) is 5.16 Å². The van der Waals surface area contributed by atoms with Crippen LogP contribution in [0, 0.1) is 0 Å². The smallest absolute Gasteiger partial charge is 0.134 e. The van der Waals surface area contributed by atoms with Crippen LogP contribution in [0.3, 0.4) is 0 Å². The molecule has 0 aromatic heterocycles. The quantitative estimate of drug-likeness (QED) is 0.446. The normalized spacial score (nSPS) is 15.2. The summed E-state index contributed by atoms with van der Waals surface area (Å²) in [5, 5.41) is 12.0. The van der Waals surface area contributed by atoms with Crippen molar-refractivity contribution in [2.45, 2.75) is 6.42 Å². The first-order valence-corrected chi connectivity index (χ1v) is 6.53. The van der Waals surface area contributed by atoms with Gasteiger partial charge in [-0.05, 0) is 12.1 Å². The molecule has 0 spiro atoms. The maximum Gasteiger partial charge on any atom is 0.134 e. The molecule has 0 amide bonds. The van der Waals surface area contributed by atoms with Crippen molar-refractivity contribution in [1.82, 2.24) is 0 Å². The van der Waals surface area contributed by atoms with E-state index in [1.165, 1.54) is 0 Å². The number of methoxy groups -OCH3 is 1. The van der Waals surface area contributed by atoms with Crippen molar-refractivity contribution in [3.05, 3.63) is 23.8 Å². The first-order valence-electron chi connectivity index (χ1n) is 6.53. The Morgan fingerprint density at radius 3 is 2.95 bits per heavy atom. The molecule has 1 N–H and O–H groups in total. The monoisotopic (exact) mass is 281 g/mol. The van der Waals surface area contributed by atoms with Crippen LogP contribution in [0.25, 0.3) is 0 Å². The van der Waals surface area contributed by atoms with Crippen LogP contribution >= 0.6 is 0 Å². The van der Waals surface area contributed by atoms with E-state index >= 15 is 0 Å². The summed E-state index contributed by atoms with van der Waals surface area (Å²) in [5.41, 5.74) is 1.35. The molecular formula is C14H19NO5. The maximum absolute atomic E-state index is 8.80. The first kappa shape index (κ1) is 14.6. The molecule has 0 radical (unpaired) electrons. The van der Waals surface area contributed by atoms with Crippen LogP contribution < -0.4 is 9.47 Å². The van der Waals surface area contributed by atoms with E-state index in [9.17, 15) is 0 Å². The van der Waals surface area contributed by atoms with Gasteiger partial charge in [0.1, 0.15) is 23.8 Å². The molecule has 0 unspecified atom stereocenters. The molecule has 0 aliphatic carbocycles. The third-order valence-electron chi connectivity index (χ3n) is 2.88. The number of nitrogens with zero attached hydrogens (tertiary/aromatic N) is 1. The maximum atomic E-state index is 8.80. The molecule has 1 aliphatic rings. The fourth-order valence-electron chi connectivity index (χ4n) is 1.85. The van der Waals surface area contributed by atoms with Gasteiger partial charge in [0, 0.05) is 31.8 Å². The summed E-state index contributed by atoms with van der Waals surface area (Å²) in [6, 6.07) is 5.48. The summed E-state index contributed by atoms with van der Waals surface area (Å²) < 4.78 is 21.2. The van der Waals surface area contributed by atoms with Gasteiger partial charge in [-0.25, -0.2) is 0 Å². The summed E-state index contributed by atoms with van der Waals surface area (Å²) >= 11 is 0. The lowest BCUT2D eigenvalue weighted by atomic mass is 10.1. The van der Waals surface area contributed by atoms with Crippen LogP contribution in [0.5, 0.6) is 11.5 Å². The van der Waals surface area contributed by atoms with Crippen LogP contribution in [-0.2, 0) is 9.47 Å². The lowest BCUT2D eigenvalue weighted by molar-refractivity contribution is 0.0644. The average Bonchev–Trinajstić information content (AvgIpc) is 2.88. The third kappa shape index (κ3) is 3.85. The highest BCUT2D eigenvalue weighted by Crippen LogP contribution is 2.29. The minimum Gasteiger partial charge on any atom is -0.493 e. The van der Waals surface area contributed by atoms with Gasteiger partial charge in [-0.1, -0.05) is 5.16 Å². The number of fused-ring (bicyclic) bond motifs is 1. The molecule has 6 nitrogen and oxygen atoms in total. The highest BCUT2D eigenvalue weighted by atomic mass is 16.5. The third-order valence-corrected chi connectivity index (χ3v) is 2.88. The Labute approximate surface area is 117 Å². The van der Waals surface area contributed by atoms with Crippen molar-refractivity contribution in [2.75, 3.05) is 40.1 Å². The Bertz CT molecular complexity index is 461. The molecule has 1 heterocycles. The second-order valence-corrected chi connectivity index (χ2v) is 4.30. The number of ether oxygens (including phenoxy) is 4. The Kier molecular flexibility index (Phi) is 5.64. The molecule has 1 aromatic rings. The predicted molar refractivity (Wildman–Crippen MR) is 73.1 cm³/mol. The van der Waals surface area contributed by atoms with E-state index in [-0.39, 0.29) is 0 Å². The summed E-state index contributed by atoms with van der Waals surface area (Å²) in [5.74, 6) is 1.42. The van der Waals surface area contributed by atoms with Gasteiger partial charge in [0.25, 0.3) is 0 Å². The highest BCUT2D eigenvalue weighted by molar-refractivity contribution is 6.05. The lowest BCUT2D eigenvalue weighted by Crippen LogP contribution is -2.06. The molecule has 2 rings (SSSR count). The summed E-state index contributed by atoms with van der Waals surface area (Å²) in [4.78, 5) is 0. The zero-order valence-electron chi connectivity index (χ0n) is 11.5. The van der Waals surface area contributed by atoms with E-state index in [1.54, 1.807) is 13.2 Å². The van der Waals surface area contributed by atoms with Crippen molar-refractivity contribution in [2.24, 2.45) is 5.16 Å². The van der Waals surface area contributed by atoms with Crippen LogP contribution in [0.1, 0.15) is 12.0 Å². The van der Waals surface area contributed by atoms with Gasteiger partial charge in [-0.2, -0.15) is 0 Å². The van der Waals surface area contributed by atoms with E-state index < -0.39 is 0 Å². The standard InChI is InChI=1S/C14H19NO5/c1-17-7-8-18-5-2-6-19-11-3-4-12-13(15-16)10-20-14(12)9-11/h3-4,9,16H,2,5-8,10H2,1H3/b15-13+. The fraction of sp³-hybridized carbons (Fsp3) is 0.500. The molecule has 6 heteroatoms. The van der Waals surface area contributed by atoms with Crippen LogP contribution in [0.2, 0.25) is 0 Å². The number of oxime groups is 1. The largest absolute Gasteiger partial charge is 0.493 e. The average molecular weight is 281 g/mol. The fourth-order valence-corrected chi connectivity index (χ4v) is 1.85. The SMILES string of the molecule is COCCOCCCOc1ccc2c(c1)OC/C2=N\O. The van der Waals surface area contributed by atoms with Gasteiger partial charge in [0.2, 0.25) is 0 Å². The van der Waals surface area contributed by atoms with E-state index in [4.69, 9.17) is 24.2 Å². The number of hydrogen-bond acceptors (Lipinski definition) is 6. The molecule has 1 aromatic carbocycles. The zero-order valence-corrected chi connectivity index (χ0v) is 11.5. The molecule has 0 saturated heterocycles. The Hall–Kier alpha value is -1.79. The van der Waals surface area contributed by atoms with Gasteiger partial charge in [0.05, 0.1) is 19.8 Å². The molecule has 110 valence electrons. The van der Waals surface area contributed by atoms with Crippen molar-refractivity contribution < 1.29 is 24.2 Å². The zero-order chi connectivity index (χ0) is 14.2. The number of benzene rings is 1. The Morgan fingerprint density at radius 2 is 2.15 bits per heavy atom. The summed E-state index contributed by atoms with van der Waals surface area (Å²) in [6.07, 6.45) is 0.811. The van der Waals surface area contributed by atoms with Gasteiger partial charge in [-0.3, -0.25) is 0 Å². The Balaban J connectivity index is 1.72. The Morgan fingerprint density at radius 1 is 1.25 bits per heavy atom. The van der Waals surface area contributed by atoms with E-state index in [0.717, 1.165) is 17.7 Å².